The van der Waals surface area contributed by atoms with Crippen LogP contribution < -0.4 is 0 Å². The zero-order valence-corrected chi connectivity index (χ0v) is 9.06. The summed E-state index contributed by atoms with van der Waals surface area (Å²) in [5.74, 6) is 0. The van der Waals surface area contributed by atoms with Crippen molar-refractivity contribution in [2.75, 3.05) is 0 Å². The molecule has 0 unspecified atom stereocenters. The zero-order valence-electron chi connectivity index (χ0n) is 9.06. The molecule has 2 heteroatoms. The maximum Gasteiger partial charge on any atom is -0.0467 e. The predicted octanol–water partition coefficient (Wildman–Crippen LogP) is 4.59. The predicted molar refractivity (Wildman–Crippen MR) is 66.0 cm³/mol. The first-order valence-electron chi connectivity index (χ1n) is 4.57. The first kappa shape index (κ1) is 15.5. The number of nitrogens with one attached hydrogen (secondary N) is 2. The fourth-order valence-corrected chi connectivity index (χ4v) is 0.639. The Labute approximate surface area is 92.0 Å². The summed E-state index contributed by atoms with van der Waals surface area (Å²) in [4.78, 5) is 0. The highest BCUT2D eigenvalue weighted by Gasteiger charge is 1.57. The number of allylic oxidation sites excluding steroid dienone is 5. The van der Waals surface area contributed by atoms with E-state index < -0.39 is 0 Å². The van der Waals surface area contributed by atoms with Crippen LogP contribution in [0.4, 0.5) is 0 Å². The maximum atomic E-state index is 5.00. The van der Waals surface area contributed by atoms with E-state index in [-0.39, 0.29) is 0 Å². The first-order chi connectivity index (χ1) is 7.41. The highest BCUT2D eigenvalue weighted by Crippen LogP contribution is 1.79. The Bertz CT molecular complexity index is 236. The molecular formula is C13H18N2. The SMILES string of the molecule is C=C/C=C\C=C/C.N=N.c1ccccc1. The van der Waals surface area contributed by atoms with Gasteiger partial charge in [0.2, 0.25) is 0 Å². The molecule has 0 aliphatic heterocycles. The Morgan fingerprint density at radius 2 is 1.20 bits per heavy atom. The van der Waals surface area contributed by atoms with Gasteiger partial charge in [-0.05, 0) is 6.92 Å². The quantitative estimate of drug-likeness (QED) is 0.520. The Morgan fingerprint density at radius 1 is 0.800 bits per heavy atom. The monoisotopic (exact) mass is 202 g/mol. The van der Waals surface area contributed by atoms with Gasteiger partial charge in [-0.2, -0.15) is 0 Å². The summed E-state index contributed by atoms with van der Waals surface area (Å²) in [5, 5.41) is 0. The fourth-order valence-electron chi connectivity index (χ4n) is 0.639. The average Bonchev–Trinajstić information content (AvgIpc) is 2.35. The van der Waals surface area contributed by atoms with E-state index in [4.69, 9.17) is 11.1 Å². The third-order valence-electron chi connectivity index (χ3n) is 1.22. The van der Waals surface area contributed by atoms with E-state index in [1.807, 2.05) is 67.6 Å². The van der Waals surface area contributed by atoms with E-state index >= 15 is 0 Å². The minimum atomic E-state index is 1.75. The van der Waals surface area contributed by atoms with Crippen molar-refractivity contribution < 1.29 is 0 Å². The Kier molecular flexibility index (Phi) is 18.6. The van der Waals surface area contributed by atoms with Crippen LogP contribution >= 0.6 is 0 Å². The summed E-state index contributed by atoms with van der Waals surface area (Å²) < 4.78 is 0. The topological polar surface area (TPSA) is 47.7 Å². The van der Waals surface area contributed by atoms with Crippen LogP contribution in [0.25, 0.3) is 0 Å². The standard InChI is InChI=1S/C7H10.C6H6.H2N2/c1-3-5-7-6-4-2;1-2-4-6-5-3-1;1-2/h3-7H,1H2,2H3;1-6H;1-2H/b6-4-,7-5-;;. The molecule has 0 amide bonds. The fraction of sp³-hybridized carbons (Fsp3) is 0.0769. The molecule has 0 aromatic heterocycles. The summed E-state index contributed by atoms with van der Waals surface area (Å²) in [6, 6.07) is 12.0. The normalized spacial score (nSPS) is 8.60. The van der Waals surface area contributed by atoms with Crippen molar-refractivity contribution in [3.63, 3.8) is 0 Å². The number of hydrogen-bond acceptors (Lipinski definition) is 2. The second kappa shape index (κ2) is 18.0. The molecule has 0 fully saturated rings. The highest BCUT2D eigenvalue weighted by molar-refractivity contribution is 5.07. The molecule has 0 atom stereocenters. The van der Waals surface area contributed by atoms with Crippen molar-refractivity contribution >= 4 is 0 Å². The van der Waals surface area contributed by atoms with Gasteiger partial charge in [0.05, 0.1) is 0 Å². The lowest BCUT2D eigenvalue weighted by atomic mass is 10.4. The van der Waals surface area contributed by atoms with Crippen molar-refractivity contribution in [3.05, 3.63) is 73.4 Å². The van der Waals surface area contributed by atoms with Gasteiger partial charge in [-0.1, -0.05) is 73.4 Å². The summed E-state index contributed by atoms with van der Waals surface area (Å²) in [6.07, 6.45) is 9.51. The van der Waals surface area contributed by atoms with Crippen molar-refractivity contribution in [2.24, 2.45) is 0 Å². The number of benzene rings is 1. The van der Waals surface area contributed by atoms with Crippen molar-refractivity contribution in [3.8, 4) is 0 Å². The lowest BCUT2D eigenvalue weighted by molar-refractivity contribution is 1.05. The second-order valence-corrected chi connectivity index (χ2v) is 2.30. The number of rotatable bonds is 2. The molecule has 0 aliphatic rings. The Morgan fingerprint density at radius 3 is 1.47 bits per heavy atom. The second-order valence-electron chi connectivity index (χ2n) is 2.30. The van der Waals surface area contributed by atoms with Gasteiger partial charge < -0.3 is 0 Å². The van der Waals surface area contributed by atoms with Crippen LogP contribution in [0.5, 0.6) is 0 Å². The van der Waals surface area contributed by atoms with E-state index in [1.165, 1.54) is 0 Å². The van der Waals surface area contributed by atoms with E-state index in [1.54, 1.807) is 6.08 Å². The molecule has 0 aliphatic carbocycles. The van der Waals surface area contributed by atoms with E-state index in [2.05, 4.69) is 6.58 Å². The van der Waals surface area contributed by atoms with Crippen LogP contribution in [-0.4, -0.2) is 0 Å². The van der Waals surface area contributed by atoms with Crippen LogP contribution in [0.15, 0.2) is 73.4 Å². The van der Waals surface area contributed by atoms with Gasteiger partial charge in [0, 0.05) is 0 Å². The molecule has 1 rings (SSSR count). The van der Waals surface area contributed by atoms with Crippen LogP contribution in [0.1, 0.15) is 6.92 Å². The third kappa shape index (κ3) is 18.8. The zero-order chi connectivity index (χ0) is 11.8. The molecule has 0 saturated heterocycles. The Balaban J connectivity index is 0. The summed E-state index contributed by atoms with van der Waals surface area (Å²) in [6.45, 7) is 5.49. The molecule has 1 aromatic rings. The smallest absolute Gasteiger partial charge is 0.0467 e. The summed E-state index contributed by atoms with van der Waals surface area (Å²) in [7, 11) is 0. The molecule has 80 valence electrons. The van der Waals surface area contributed by atoms with Gasteiger partial charge in [-0.3, -0.25) is 0 Å². The molecule has 0 bridgehead atoms. The van der Waals surface area contributed by atoms with Gasteiger partial charge in [0.1, 0.15) is 0 Å². The van der Waals surface area contributed by atoms with Crippen molar-refractivity contribution in [2.45, 2.75) is 6.92 Å². The molecule has 0 heterocycles. The van der Waals surface area contributed by atoms with Crippen molar-refractivity contribution in [1.82, 2.24) is 0 Å². The van der Waals surface area contributed by atoms with Gasteiger partial charge in [-0.15, -0.1) is 0 Å². The van der Waals surface area contributed by atoms with Crippen LogP contribution in [0.3, 0.4) is 0 Å². The molecule has 0 radical (unpaired) electrons. The highest BCUT2D eigenvalue weighted by atomic mass is 14.7. The Hall–Kier alpha value is -1.96. The summed E-state index contributed by atoms with van der Waals surface area (Å²) >= 11 is 0. The van der Waals surface area contributed by atoms with Gasteiger partial charge >= 0.3 is 0 Å². The minimum absolute atomic E-state index is 1.75. The molecule has 2 nitrogen and oxygen atoms in total. The first-order valence-corrected chi connectivity index (χ1v) is 4.57. The number of hydrogen-bond donors (Lipinski definition) is 2. The minimum Gasteiger partial charge on any atom is -0.213 e. The third-order valence-corrected chi connectivity index (χ3v) is 1.22. The average molecular weight is 202 g/mol. The molecule has 1 aromatic carbocycles. The summed E-state index contributed by atoms with van der Waals surface area (Å²) in [5.41, 5.74) is 10.0. The van der Waals surface area contributed by atoms with E-state index in [0.29, 0.717) is 0 Å². The van der Waals surface area contributed by atoms with Crippen LogP contribution in [0.2, 0.25) is 0 Å². The van der Waals surface area contributed by atoms with E-state index in [9.17, 15) is 0 Å². The van der Waals surface area contributed by atoms with Crippen LogP contribution in [0, 0.1) is 11.1 Å². The van der Waals surface area contributed by atoms with Crippen LogP contribution in [-0.2, 0) is 0 Å². The van der Waals surface area contributed by atoms with Gasteiger partial charge in [0.15, 0.2) is 0 Å². The maximum absolute atomic E-state index is 5.00. The molecule has 2 N–H and O–H groups in total. The molecule has 0 saturated carbocycles. The molecule has 15 heavy (non-hydrogen) atoms. The van der Waals surface area contributed by atoms with Crippen molar-refractivity contribution in [1.29, 1.82) is 11.1 Å². The largest absolute Gasteiger partial charge is 0.213 e. The lowest BCUT2D eigenvalue weighted by Gasteiger charge is -1.69. The molecule has 0 spiro atoms. The van der Waals surface area contributed by atoms with E-state index in [0.717, 1.165) is 0 Å². The van der Waals surface area contributed by atoms with Gasteiger partial charge in [-0.25, -0.2) is 11.1 Å². The lowest BCUT2D eigenvalue weighted by Crippen LogP contribution is -1.47. The van der Waals surface area contributed by atoms with Gasteiger partial charge in [0.25, 0.3) is 0 Å². The molecular weight excluding hydrogens is 184 g/mol.